The first-order valence-electron chi connectivity index (χ1n) is 8.41. The predicted molar refractivity (Wildman–Crippen MR) is 114 cm³/mol. The molecule has 3 rings (SSSR count). The molecule has 2 N–H and O–H groups in total. The van der Waals surface area contributed by atoms with Crippen molar-refractivity contribution in [3.63, 3.8) is 0 Å². The van der Waals surface area contributed by atoms with Gasteiger partial charge in [0.25, 0.3) is 0 Å². The Kier molecular flexibility index (Phi) is 7.40. The minimum absolute atomic E-state index is 0. The lowest BCUT2D eigenvalue weighted by Gasteiger charge is -2.15. The van der Waals surface area contributed by atoms with Crippen LogP contribution in [0, 0.1) is 12.8 Å². The van der Waals surface area contributed by atoms with Crippen molar-refractivity contribution < 1.29 is 8.42 Å². The molecule has 8 heteroatoms. The fourth-order valence-corrected chi connectivity index (χ4v) is 4.80. The summed E-state index contributed by atoms with van der Waals surface area (Å²) in [5, 5.41) is 7.47. The van der Waals surface area contributed by atoms with Crippen LogP contribution in [-0.2, 0) is 16.4 Å². The summed E-state index contributed by atoms with van der Waals surface area (Å²) in [7, 11) is -2.83. The molecule has 1 saturated heterocycles. The maximum atomic E-state index is 11.6. The van der Waals surface area contributed by atoms with Gasteiger partial charge in [0, 0.05) is 17.6 Å². The number of nitrogens with one attached hydrogen (secondary N) is 2. The van der Waals surface area contributed by atoms with Crippen LogP contribution >= 0.6 is 35.6 Å². The Hall–Kier alpha value is -0.540. The fourth-order valence-electron chi connectivity index (χ4n) is 2.82. The van der Waals surface area contributed by atoms with Crippen LogP contribution in [0.5, 0.6) is 0 Å². The first-order valence-corrected chi connectivity index (χ1v) is 10.6. The zero-order chi connectivity index (χ0) is 17.2. The lowest BCUT2D eigenvalue weighted by molar-refractivity contribution is 0.566. The quantitative estimate of drug-likeness (QED) is 0.373. The molecule has 1 atom stereocenters. The van der Waals surface area contributed by atoms with Gasteiger partial charge in [0.15, 0.2) is 15.8 Å². The topological polar surface area (TPSA) is 70.6 Å². The predicted octanol–water partition coefficient (Wildman–Crippen LogP) is 2.90. The standard InChI is InChI=1S/C17H24ClN3O2S.HI/c1-12-8-13(2-5-16(12)18)9-19-17(21-15-3-4-15)20-10-14-6-7-24(22,23)11-14;/h2,5,8,14-15H,3-4,6-7,9-11H2,1H3,(H2,19,20,21);1H. The number of hydrogen-bond acceptors (Lipinski definition) is 3. The van der Waals surface area contributed by atoms with Crippen LogP contribution < -0.4 is 10.6 Å². The van der Waals surface area contributed by atoms with Crippen molar-refractivity contribution in [1.29, 1.82) is 0 Å². The maximum absolute atomic E-state index is 11.6. The van der Waals surface area contributed by atoms with E-state index in [1.165, 1.54) is 12.8 Å². The van der Waals surface area contributed by atoms with Gasteiger partial charge >= 0.3 is 0 Å². The van der Waals surface area contributed by atoms with Gasteiger partial charge in [-0.15, -0.1) is 24.0 Å². The Morgan fingerprint density at radius 2 is 2.08 bits per heavy atom. The van der Waals surface area contributed by atoms with Crippen molar-refractivity contribution in [2.75, 3.05) is 18.1 Å². The molecule has 1 heterocycles. The molecule has 0 spiro atoms. The average molecular weight is 498 g/mol. The van der Waals surface area contributed by atoms with Gasteiger partial charge in [-0.1, -0.05) is 23.7 Å². The van der Waals surface area contributed by atoms with Gasteiger partial charge in [-0.05, 0) is 49.3 Å². The van der Waals surface area contributed by atoms with E-state index in [1.54, 1.807) is 0 Å². The van der Waals surface area contributed by atoms with Crippen LogP contribution in [0.15, 0.2) is 23.2 Å². The van der Waals surface area contributed by atoms with Gasteiger partial charge in [-0.25, -0.2) is 13.4 Å². The van der Waals surface area contributed by atoms with E-state index in [-0.39, 0.29) is 35.6 Å². The second kappa shape index (κ2) is 8.90. The van der Waals surface area contributed by atoms with E-state index in [9.17, 15) is 8.42 Å². The van der Waals surface area contributed by atoms with Crippen molar-refractivity contribution in [3.8, 4) is 0 Å². The molecule has 1 aromatic carbocycles. The summed E-state index contributed by atoms with van der Waals surface area (Å²) in [6.45, 7) is 3.21. The van der Waals surface area contributed by atoms with E-state index in [0.29, 0.717) is 24.9 Å². The number of rotatable bonds is 5. The Morgan fingerprint density at radius 3 is 2.68 bits per heavy atom. The van der Waals surface area contributed by atoms with Crippen molar-refractivity contribution >= 4 is 51.4 Å². The summed E-state index contributed by atoms with van der Waals surface area (Å²) < 4.78 is 23.1. The average Bonchev–Trinajstić information content (AvgIpc) is 3.27. The van der Waals surface area contributed by atoms with Crippen molar-refractivity contribution in [3.05, 3.63) is 34.3 Å². The molecule has 2 aliphatic rings. The minimum Gasteiger partial charge on any atom is -0.356 e. The zero-order valence-electron chi connectivity index (χ0n) is 14.3. The largest absolute Gasteiger partial charge is 0.356 e. The second-order valence-corrected chi connectivity index (χ2v) is 9.45. The SMILES string of the molecule is Cc1cc(CN=C(NCC2CCS(=O)(=O)C2)NC2CC2)ccc1Cl.I. The normalized spacial score (nSPS) is 22.3. The number of hydrogen-bond donors (Lipinski definition) is 2. The Morgan fingerprint density at radius 1 is 1.32 bits per heavy atom. The third-order valence-electron chi connectivity index (χ3n) is 4.45. The molecular weight excluding hydrogens is 473 g/mol. The molecule has 0 bridgehead atoms. The minimum atomic E-state index is -2.83. The molecule has 1 saturated carbocycles. The van der Waals surface area contributed by atoms with E-state index in [2.05, 4.69) is 15.6 Å². The number of nitrogens with zero attached hydrogens (tertiary/aromatic N) is 1. The van der Waals surface area contributed by atoms with Gasteiger partial charge in [-0.2, -0.15) is 0 Å². The molecule has 1 aliphatic heterocycles. The maximum Gasteiger partial charge on any atom is 0.191 e. The molecule has 0 radical (unpaired) electrons. The van der Waals surface area contributed by atoms with Crippen LogP contribution in [0.2, 0.25) is 5.02 Å². The van der Waals surface area contributed by atoms with Crippen LogP contribution in [0.4, 0.5) is 0 Å². The molecule has 1 aromatic rings. The van der Waals surface area contributed by atoms with Crippen molar-refractivity contribution in [2.24, 2.45) is 10.9 Å². The molecule has 5 nitrogen and oxygen atoms in total. The summed E-state index contributed by atoms with van der Waals surface area (Å²) in [6.07, 6.45) is 3.07. The highest BCUT2D eigenvalue weighted by Gasteiger charge is 2.28. The molecule has 25 heavy (non-hydrogen) atoms. The fraction of sp³-hybridized carbons (Fsp3) is 0.588. The number of guanidine groups is 1. The van der Waals surface area contributed by atoms with Crippen LogP contribution in [0.25, 0.3) is 0 Å². The molecule has 1 aliphatic carbocycles. The van der Waals surface area contributed by atoms with Crippen LogP contribution in [-0.4, -0.2) is 38.5 Å². The smallest absolute Gasteiger partial charge is 0.191 e. The van der Waals surface area contributed by atoms with Crippen molar-refractivity contribution in [1.82, 2.24) is 10.6 Å². The lowest BCUT2D eigenvalue weighted by Crippen LogP contribution is -2.41. The summed E-state index contributed by atoms with van der Waals surface area (Å²) >= 11 is 6.06. The summed E-state index contributed by atoms with van der Waals surface area (Å²) in [6, 6.07) is 6.42. The molecule has 140 valence electrons. The van der Waals surface area contributed by atoms with E-state index in [4.69, 9.17) is 11.6 Å². The highest BCUT2D eigenvalue weighted by Crippen LogP contribution is 2.20. The monoisotopic (exact) mass is 497 g/mol. The first kappa shape index (κ1) is 20.8. The van der Waals surface area contributed by atoms with Gasteiger partial charge in [0.1, 0.15) is 0 Å². The Labute approximate surface area is 172 Å². The molecule has 1 unspecified atom stereocenters. The highest BCUT2D eigenvalue weighted by atomic mass is 127. The number of benzene rings is 1. The third kappa shape index (κ3) is 6.60. The summed E-state index contributed by atoms with van der Waals surface area (Å²) in [5.41, 5.74) is 2.16. The summed E-state index contributed by atoms with van der Waals surface area (Å²) in [5.74, 6) is 1.55. The Bertz CT molecular complexity index is 735. The lowest BCUT2D eigenvalue weighted by atomic mass is 10.1. The third-order valence-corrected chi connectivity index (χ3v) is 6.71. The van der Waals surface area contributed by atoms with Gasteiger partial charge < -0.3 is 10.6 Å². The van der Waals surface area contributed by atoms with E-state index in [1.807, 2.05) is 25.1 Å². The summed E-state index contributed by atoms with van der Waals surface area (Å²) in [4.78, 5) is 4.64. The van der Waals surface area contributed by atoms with Gasteiger partial charge in [-0.3, -0.25) is 0 Å². The molecule has 2 fully saturated rings. The van der Waals surface area contributed by atoms with E-state index in [0.717, 1.165) is 28.5 Å². The van der Waals surface area contributed by atoms with Crippen LogP contribution in [0.3, 0.4) is 0 Å². The van der Waals surface area contributed by atoms with E-state index >= 15 is 0 Å². The molecule has 0 aromatic heterocycles. The Balaban J connectivity index is 0.00000225. The number of aliphatic imine (C=N–C) groups is 1. The number of aryl methyl sites for hydroxylation is 1. The second-order valence-electron chi connectivity index (χ2n) is 6.82. The molecular formula is C17H25ClIN3O2S. The van der Waals surface area contributed by atoms with Gasteiger partial charge in [0.05, 0.1) is 18.1 Å². The highest BCUT2D eigenvalue weighted by molar-refractivity contribution is 14.0. The van der Waals surface area contributed by atoms with E-state index < -0.39 is 9.84 Å². The first-order chi connectivity index (χ1) is 11.4. The van der Waals surface area contributed by atoms with Crippen LogP contribution in [0.1, 0.15) is 30.4 Å². The number of sulfone groups is 1. The number of halogens is 2. The zero-order valence-corrected chi connectivity index (χ0v) is 18.2. The van der Waals surface area contributed by atoms with Crippen molar-refractivity contribution in [2.45, 2.75) is 38.8 Å². The van der Waals surface area contributed by atoms with Gasteiger partial charge in [0.2, 0.25) is 0 Å². The molecule has 0 amide bonds.